The van der Waals surface area contributed by atoms with Gasteiger partial charge in [0.15, 0.2) is 0 Å². The van der Waals surface area contributed by atoms with E-state index < -0.39 is 0 Å². The number of imidazole rings is 1. The first kappa shape index (κ1) is 23.8. The van der Waals surface area contributed by atoms with Crippen molar-refractivity contribution in [1.29, 1.82) is 0 Å². The molecular weight excluding hydrogens is 490 g/mol. The van der Waals surface area contributed by atoms with Crippen molar-refractivity contribution in [3.8, 4) is 22.6 Å². The van der Waals surface area contributed by atoms with Gasteiger partial charge in [0.2, 0.25) is 11.9 Å². The lowest BCUT2D eigenvalue weighted by Gasteiger charge is -2.32. The molecule has 2 aromatic carbocycles. The number of halogens is 2. The maximum Gasteiger partial charge on any atom is 0.306 e. The molecule has 0 radical (unpaired) electrons. The lowest BCUT2D eigenvalue weighted by Crippen LogP contribution is -2.43. The Bertz CT molecular complexity index is 1570. The molecule has 0 unspecified atom stereocenters. The molecule has 0 aliphatic carbocycles. The zero-order chi connectivity index (χ0) is 26.1. The predicted octanol–water partition coefficient (Wildman–Crippen LogP) is 4.98. The number of carbonyl (C=O) groups is 1. The minimum Gasteiger partial charge on any atom is -0.432 e. The van der Waals surface area contributed by atoms with Crippen LogP contribution in [0, 0.1) is 11.6 Å². The van der Waals surface area contributed by atoms with Crippen molar-refractivity contribution in [3.05, 3.63) is 90.5 Å². The van der Waals surface area contributed by atoms with Crippen molar-refractivity contribution in [2.24, 2.45) is 0 Å². The number of nitrogens with one attached hydrogen (secondary N) is 1. The molecule has 0 atom stereocenters. The maximum absolute atomic E-state index is 13.5. The number of rotatable bonds is 6. The summed E-state index contributed by atoms with van der Waals surface area (Å²) in [6.07, 6.45) is 6.75. The summed E-state index contributed by atoms with van der Waals surface area (Å²) in [7, 11) is 0. The molecule has 4 heterocycles. The third-order valence-electron chi connectivity index (χ3n) is 6.73. The molecule has 0 bridgehead atoms. The van der Waals surface area contributed by atoms with Crippen LogP contribution in [0.1, 0.15) is 18.4 Å². The van der Waals surface area contributed by atoms with Gasteiger partial charge in [-0.1, -0.05) is 12.1 Å². The predicted molar refractivity (Wildman–Crippen MR) is 137 cm³/mol. The summed E-state index contributed by atoms with van der Waals surface area (Å²) in [5.41, 5.74) is 3.52. The van der Waals surface area contributed by atoms with E-state index in [4.69, 9.17) is 9.40 Å². The average Bonchev–Trinajstić information content (AvgIpc) is 3.53. The van der Waals surface area contributed by atoms with E-state index in [1.807, 2.05) is 4.90 Å². The van der Waals surface area contributed by atoms with Crippen LogP contribution in [0.15, 0.2) is 77.7 Å². The Morgan fingerprint density at radius 2 is 1.68 bits per heavy atom. The number of piperidine rings is 1. The van der Waals surface area contributed by atoms with Gasteiger partial charge in [-0.05, 0) is 60.9 Å². The molecule has 3 aromatic heterocycles. The molecule has 192 valence electrons. The molecule has 1 amide bonds. The molecule has 38 heavy (non-hydrogen) atoms. The van der Waals surface area contributed by atoms with Crippen molar-refractivity contribution in [3.63, 3.8) is 0 Å². The van der Waals surface area contributed by atoms with Crippen LogP contribution in [0.5, 0.6) is 0 Å². The van der Waals surface area contributed by atoms with E-state index in [9.17, 15) is 13.6 Å². The second kappa shape index (κ2) is 10.0. The fourth-order valence-corrected chi connectivity index (χ4v) is 4.74. The van der Waals surface area contributed by atoms with Gasteiger partial charge in [0.1, 0.15) is 29.3 Å². The number of fused-ring (bicyclic) bond motifs is 1. The molecular formula is C28H24F2N6O2. The first-order valence-electron chi connectivity index (χ1n) is 12.4. The van der Waals surface area contributed by atoms with E-state index >= 15 is 0 Å². The Hall–Kier alpha value is -4.60. The van der Waals surface area contributed by atoms with E-state index in [-0.39, 0.29) is 30.0 Å². The van der Waals surface area contributed by atoms with Gasteiger partial charge < -0.3 is 14.6 Å². The molecule has 1 aliphatic heterocycles. The summed E-state index contributed by atoms with van der Waals surface area (Å²) in [6.45, 7) is 1.23. The molecule has 8 nitrogen and oxygen atoms in total. The van der Waals surface area contributed by atoms with Crippen LogP contribution >= 0.6 is 0 Å². The van der Waals surface area contributed by atoms with Gasteiger partial charge in [-0.3, -0.25) is 9.20 Å². The number of oxazole rings is 1. The zero-order valence-electron chi connectivity index (χ0n) is 20.3. The standard InChI is InChI=1S/C28H24F2N6O2/c29-20-5-1-18(2-6-20)17-24(37)35-13-10-22(11-14-35)32-27-31-12-9-23(33-27)26-25(19-3-7-21(30)8-4-19)34-28-36(26)15-16-38-28/h1-9,12,15-16,22H,10-11,13-14,17H2,(H,31,32,33). The van der Waals surface area contributed by atoms with Crippen molar-refractivity contribution < 1.29 is 18.0 Å². The topological polar surface area (TPSA) is 88.6 Å². The number of likely N-dealkylation sites (tertiary alicyclic amines) is 1. The summed E-state index contributed by atoms with van der Waals surface area (Å²) in [4.78, 5) is 28.3. The number of amides is 1. The monoisotopic (exact) mass is 514 g/mol. The highest BCUT2D eigenvalue weighted by Gasteiger charge is 2.24. The highest BCUT2D eigenvalue weighted by molar-refractivity contribution is 5.80. The molecule has 5 aromatic rings. The first-order chi connectivity index (χ1) is 18.5. The molecule has 1 fully saturated rings. The number of anilines is 1. The summed E-state index contributed by atoms with van der Waals surface area (Å²) in [5, 5.41) is 3.40. The van der Waals surface area contributed by atoms with Gasteiger partial charge in [0.25, 0.3) is 0 Å². The number of hydrogen-bond donors (Lipinski definition) is 1. The summed E-state index contributed by atoms with van der Waals surface area (Å²) >= 11 is 0. The fourth-order valence-electron chi connectivity index (χ4n) is 4.74. The molecule has 1 N–H and O–H groups in total. The molecule has 10 heteroatoms. The Labute approximate surface area is 217 Å². The van der Waals surface area contributed by atoms with Crippen molar-refractivity contribution >= 4 is 17.7 Å². The third kappa shape index (κ3) is 4.84. The van der Waals surface area contributed by atoms with E-state index in [2.05, 4.69) is 15.3 Å². The van der Waals surface area contributed by atoms with E-state index in [0.29, 0.717) is 42.0 Å². The minimum absolute atomic E-state index is 0.0338. The van der Waals surface area contributed by atoms with Crippen LogP contribution in [0.25, 0.3) is 28.5 Å². The van der Waals surface area contributed by atoms with Crippen LogP contribution in [0.4, 0.5) is 14.7 Å². The van der Waals surface area contributed by atoms with Gasteiger partial charge in [-0.2, -0.15) is 4.98 Å². The third-order valence-corrected chi connectivity index (χ3v) is 6.73. The Balaban J connectivity index is 1.16. The van der Waals surface area contributed by atoms with Gasteiger partial charge >= 0.3 is 5.84 Å². The minimum atomic E-state index is -0.324. The van der Waals surface area contributed by atoms with Crippen LogP contribution in [0.3, 0.4) is 0 Å². The normalized spacial score (nSPS) is 14.2. The summed E-state index contributed by atoms with van der Waals surface area (Å²) in [6, 6.07) is 14.1. The molecule has 1 aliphatic rings. The van der Waals surface area contributed by atoms with Gasteiger partial charge in [0, 0.05) is 37.1 Å². The molecule has 0 saturated carbocycles. The zero-order valence-corrected chi connectivity index (χ0v) is 20.3. The van der Waals surface area contributed by atoms with Gasteiger partial charge in [-0.25, -0.2) is 18.7 Å². The molecule has 0 spiro atoms. The Morgan fingerprint density at radius 3 is 2.42 bits per heavy atom. The fraction of sp³-hybridized carbons (Fsp3) is 0.214. The largest absolute Gasteiger partial charge is 0.432 e. The van der Waals surface area contributed by atoms with Crippen LogP contribution < -0.4 is 5.32 Å². The quantitative estimate of drug-likeness (QED) is 0.344. The van der Waals surface area contributed by atoms with Gasteiger partial charge in [0.05, 0.1) is 12.1 Å². The van der Waals surface area contributed by atoms with Crippen LogP contribution in [-0.4, -0.2) is 49.3 Å². The van der Waals surface area contributed by atoms with E-state index in [1.54, 1.807) is 53.4 Å². The van der Waals surface area contributed by atoms with Crippen molar-refractivity contribution in [1.82, 2.24) is 24.3 Å². The second-order valence-electron chi connectivity index (χ2n) is 9.24. The molecule has 1 saturated heterocycles. The lowest BCUT2D eigenvalue weighted by atomic mass is 10.0. The van der Waals surface area contributed by atoms with E-state index in [1.165, 1.54) is 24.3 Å². The number of hydrogen-bond acceptors (Lipinski definition) is 6. The highest BCUT2D eigenvalue weighted by atomic mass is 19.1. The second-order valence-corrected chi connectivity index (χ2v) is 9.24. The number of nitrogens with zero attached hydrogens (tertiary/aromatic N) is 5. The Kier molecular flexibility index (Phi) is 6.28. The molecule has 6 rings (SSSR count). The summed E-state index contributed by atoms with van der Waals surface area (Å²) < 4.78 is 34.0. The van der Waals surface area contributed by atoms with Gasteiger partial charge in [-0.15, -0.1) is 0 Å². The SMILES string of the molecule is O=C(Cc1ccc(F)cc1)N1CCC(Nc2nccc(-c3c(-c4ccc(F)cc4)nc4occn34)n2)CC1. The average molecular weight is 515 g/mol. The number of aromatic nitrogens is 4. The number of carbonyl (C=O) groups excluding carboxylic acids is 1. The van der Waals surface area contributed by atoms with Crippen LogP contribution in [0.2, 0.25) is 0 Å². The first-order valence-corrected chi connectivity index (χ1v) is 12.4. The number of benzene rings is 2. The van der Waals surface area contributed by atoms with Crippen molar-refractivity contribution in [2.75, 3.05) is 18.4 Å². The summed E-state index contributed by atoms with van der Waals surface area (Å²) in [5.74, 6) is 0.280. The Morgan fingerprint density at radius 1 is 0.974 bits per heavy atom. The lowest BCUT2D eigenvalue weighted by molar-refractivity contribution is -0.131. The smallest absolute Gasteiger partial charge is 0.306 e. The maximum atomic E-state index is 13.5. The van der Waals surface area contributed by atoms with Crippen molar-refractivity contribution in [2.45, 2.75) is 25.3 Å². The highest BCUT2D eigenvalue weighted by Crippen LogP contribution is 2.32. The van der Waals surface area contributed by atoms with Crippen LogP contribution in [-0.2, 0) is 11.2 Å². The van der Waals surface area contributed by atoms with E-state index in [0.717, 1.165) is 24.0 Å².